The van der Waals surface area contributed by atoms with Crippen LogP contribution in [0.4, 0.5) is 0 Å². The lowest BCUT2D eigenvalue weighted by Crippen LogP contribution is -2.27. The largest absolute Gasteiger partial charge is 0.317 e. The van der Waals surface area contributed by atoms with Crippen molar-refractivity contribution in [1.29, 1.82) is 0 Å². The molecule has 1 fully saturated rings. The van der Waals surface area contributed by atoms with E-state index in [1.165, 1.54) is 32.4 Å². The number of rotatable bonds is 2. The summed E-state index contributed by atoms with van der Waals surface area (Å²) >= 11 is 6.73. The van der Waals surface area contributed by atoms with E-state index >= 15 is 0 Å². The topological polar surface area (TPSA) is 12.0 Å². The van der Waals surface area contributed by atoms with Gasteiger partial charge in [0.2, 0.25) is 0 Å². The van der Waals surface area contributed by atoms with Gasteiger partial charge in [0.15, 0.2) is 0 Å². The number of piperidine rings is 1. The van der Waals surface area contributed by atoms with E-state index in [0.29, 0.717) is 0 Å². The number of halogens is 2. The maximum absolute atomic E-state index is 3.36. The van der Waals surface area contributed by atoms with Gasteiger partial charge in [0.25, 0.3) is 0 Å². The lowest BCUT2D eigenvalue weighted by atomic mass is 9.95. The predicted octanol–water partition coefficient (Wildman–Crippen LogP) is 3.01. The van der Waals surface area contributed by atoms with Crippen molar-refractivity contribution in [2.75, 3.05) is 13.1 Å². The van der Waals surface area contributed by atoms with Gasteiger partial charge in [0, 0.05) is 0 Å². The zero-order valence-electron chi connectivity index (χ0n) is 6.45. The Labute approximate surface area is 84.9 Å². The molecule has 1 aliphatic heterocycles. The smallest absolute Gasteiger partial charge is 0.0564 e. The molecule has 0 unspecified atom stereocenters. The molecule has 0 bridgehead atoms. The van der Waals surface area contributed by atoms with E-state index in [0.717, 1.165) is 9.31 Å². The minimum atomic E-state index is 0.890. The summed E-state index contributed by atoms with van der Waals surface area (Å²) in [6.07, 6.45) is 6.05. The first-order chi connectivity index (χ1) is 5.29. The van der Waals surface area contributed by atoms with Crippen molar-refractivity contribution in [3.63, 3.8) is 0 Å². The normalized spacial score (nSPS) is 19.8. The molecule has 1 saturated heterocycles. The number of hydrogen-bond acceptors (Lipinski definition) is 1. The van der Waals surface area contributed by atoms with Gasteiger partial charge in [-0.3, -0.25) is 0 Å². The van der Waals surface area contributed by atoms with E-state index in [1.807, 2.05) is 0 Å². The molecule has 1 nitrogen and oxygen atoms in total. The molecule has 1 aliphatic rings. The highest BCUT2D eigenvalue weighted by Crippen LogP contribution is 2.21. The third-order valence-corrected chi connectivity index (χ3v) is 2.71. The van der Waals surface area contributed by atoms with E-state index in [2.05, 4.69) is 43.3 Å². The highest BCUT2D eigenvalue weighted by Gasteiger charge is 2.10. The highest BCUT2D eigenvalue weighted by atomic mass is 79.9. The van der Waals surface area contributed by atoms with Gasteiger partial charge in [0.1, 0.15) is 0 Å². The van der Waals surface area contributed by atoms with Gasteiger partial charge in [-0.25, -0.2) is 0 Å². The van der Waals surface area contributed by atoms with E-state index in [4.69, 9.17) is 0 Å². The first kappa shape index (κ1) is 9.75. The Kier molecular flexibility index (Phi) is 4.72. The third kappa shape index (κ3) is 4.28. The standard InChI is InChI=1S/C8H13Br2N/c9-8(10)2-1-7-3-5-11-6-4-7/h2,7,11H,1,3-6H2. The van der Waals surface area contributed by atoms with Crippen molar-refractivity contribution in [1.82, 2.24) is 5.32 Å². The van der Waals surface area contributed by atoms with Crippen molar-refractivity contribution in [2.45, 2.75) is 19.3 Å². The van der Waals surface area contributed by atoms with Crippen LogP contribution in [-0.2, 0) is 0 Å². The Morgan fingerprint density at radius 2 is 2.00 bits per heavy atom. The second-order valence-corrected chi connectivity index (χ2v) is 5.70. The number of hydrogen-bond donors (Lipinski definition) is 1. The minimum Gasteiger partial charge on any atom is -0.317 e. The molecule has 1 rings (SSSR count). The molecule has 0 aromatic heterocycles. The van der Waals surface area contributed by atoms with Gasteiger partial charge in [0.05, 0.1) is 3.39 Å². The van der Waals surface area contributed by atoms with Gasteiger partial charge in [-0.15, -0.1) is 0 Å². The fraction of sp³-hybridized carbons (Fsp3) is 0.750. The molecule has 0 saturated carbocycles. The maximum atomic E-state index is 3.36. The summed E-state index contributed by atoms with van der Waals surface area (Å²) < 4.78 is 1.09. The highest BCUT2D eigenvalue weighted by molar-refractivity contribution is 9.28. The van der Waals surface area contributed by atoms with Crippen LogP contribution in [-0.4, -0.2) is 13.1 Å². The molecular formula is C8H13Br2N. The SMILES string of the molecule is BrC(Br)=CCC1CCNCC1. The monoisotopic (exact) mass is 281 g/mol. The van der Waals surface area contributed by atoms with Crippen molar-refractivity contribution in [2.24, 2.45) is 5.92 Å². The molecule has 0 aliphatic carbocycles. The van der Waals surface area contributed by atoms with Gasteiger partial charge in [-0.05, 0) is 70.1 Å². The molecule has 0 atom stereocenters. The average molecular weight is 283 g/mol. The summed E-state index contributed by atoms with van der Waals surface area (Å²) in [4.78, 5) is 0. The van der Waals surface area contributed by atoms with Crippen molar-refractivity contribution in [3.05, 3.63) is 9.47 Å². The predicted molar refractivity (Wildman–Crippen MR) is 56.1 cm³/mol. The van der Waals surface area contributed by atoms with Crippen LogP contribution in [0.25, 0.3) is 0 Å². The first-order valence-corrected chi connectivity index (χ1v) is 5.59. The van der Waals surface area contributed by atoms with E-state index < -0.39 is 0 Å². The summed E-state index contributed by atoms with van der Waals surface area (Å²) in [5.74, 6) is 0.890. The summed E-state index contributed by atoms with van der Waals surface area (Å²) in [7, 11) is 0. The molecule has 0 amide bonds. The van der Waals surface area contributed by atoms with Crippen molar-refractivity contribution in [3.8, 4) is 0 Å². The molecule has 1 N–H and O–H groups in total. The van der Waals surface area contributed by atoms with E-state index in [9.17, 15) is 0 Å². The minimum absolute atomic E-state index is 0.890. The third-order valence-electron chi connectivity index (χ3n) is 2.06. The second kappa shape index (κ2) is 5.33. The van der Waals surface area contributed by atoms with Crippen molar-refractivity contribution < 1.29 is 0 Å². The quantitative estimate of drug-likeness (QED) is 0.821. The Bertz CT molecular complexity index is 135. The van der Waals surface area contributed by atoms with Crippen LogP contribution in [0.1, 0.15) is 19.3 Å². The van der Waals surface area contributed by atoms with Gasteiger partial charge >= 0.3 is 0 Å². The second-order valence-electron chi connectivity index (χ2n) is 2.92. The molecule has 1 heterocycles. The lowest BCUT2D eigenvalue weighted by Gasteiger charge is -2.20. The number of allylic oxidation sites excluding steroid dienone is 1. The zero-order chi connectivity index (χ0) is 8.10. The van der Waals surface area contributed by atoms with E-state index in [1.54, 1.807) is 0 Å². The summed E-state index contributed by atoms with van der Waals surface area (Å²) in [6.45, 7) is 2.39. The number of nitrogens with one attached hydrogen (secondary N) is 1. The Hall–Kier alpha value is 0.660. The van der Waals surface area contributed by atoms with E-state index in [-0.39, 0.29) is 0 Å². The van der Waals surface area contributed by atoms with Crippen LogP contribution in [0.5, 0.6) is 0 Å². The summed E-state index contributed by atoms with van der Waals surface area (Å²) in [6, 6.07) is 0. The van der Waals surface area contributed by atoms with Gasteiger partial charge in [-0.1, -0.05) is 6.08 Å². The fourth-order valence-corrected chi connectivity index (χ4v) is 1.75. The molecule has 0 spiro atoms. The summed E-state index contributed by atoms with van der Waals surface area (Å²) in [5.41, 5.74) is 0. The molecule has 64 valence electrons. The Morgan fingerprint density at radius 3 is 2.55 bits per heavy atom. The maximum Gasteiger partial charge on any atom is 0.0564 e. The van der Waals surface area contributed by atoms with Crippen LogP contribution in [0, 0.1) is 5.92 Å². The van der Waals surface area contributed by atoms with Crippen molar-refractivity contribution >= 4 is 31.9 Å². The molecule has 3 heteroatoms. The Morgan fingerprint density at radius 1 is 1.36 bits per heavy atom. The van der Waals surface area contributed by atoms with Crippen LogP contribution < -0.4 is 5.32 Å². The van der Waals surface area contributed by atoms with Gasteiger partial charge < -0.3 is 5.32 Å². The summed E-state index contributed by atoms with van der Waals surface area (Å²) in [5, 5.41) is 3.36. The average Bonchev–Trinajstić information content (AvgIpc) is 2.03. The lowest BCUT2D eigenvalue weighted by molar-refractivity contribution is 0.377. The molecule has 0 aromatic rings. The first-order valence-electron chi connectivity index (χ1n) is 4.01. The van der Waals surface area contributed by atoms with Crippen LogP contribution in [0.2, 0.25) is 0 Å². The molecular weight excluding hydrogens is 270 g/mol. The zero-order valence-corrected chi connectivity index (χ0v) is 9.62. The molecule has 0 aromatic carbocycles. The van der Waals surface area contributed by atoms with Crippen LogP contribution in [0.15, 0.2) is 9.47 Å². The molecule has 11 heavy (non-hydrogen) atoms. The molecule has 0 radical (unpaired) electrons. The fourth-order valence-electron chi connectivity index (χ4n) is 1.37. The van der Waals surface area contributed by atoms with Gasteiger partial charge in [-0.2, -0.15) is 0 Å². The Balaban J connectivity index is 2.19. The van der Waals surface area contributed by atoms with Crippen LogP contribution in [0.3, 0.4) is 0 Å². The van der Waals surface area contributed by atoms with Crippen LogP contribution >= 0.6 is 31.9 Å².